The number of nitrogens with zero attached hydrogens (tertiary/aromatic N) is 2. The first kappa shape index (κ1) is 20.2. The number of carbonyl (C=O) groups excluding carboxylic acids is 3. The van der Waals surface area contributed by atoms with Crippen LogP contribution in [0.5, 0.6) is 11.5 Å². The third-order valence-corrected chi connectivity index (χ3v) is 4.67. The Kier molecular flexibility index (Phi) is 6.33. The molecule has 0 spiro atoms. The Hall–Kier alpha value is -3.55. The average Bonchev–Trinajstić information content (AvgIpc) is 2.77. The van der Waals surface area contributed by atoms with Gasteiger partial charge in [0.1, 0.15) is 11.5 Å². The van der Waals surface area contributed by atoms with Gasteiger partial charge in [0.25, 0.3) is 11.8 Å². The molecule has 2 aromatic carbocycles. The molecule has 2 amide bonds. The molecule has 1 heterocycles. The van der Waals surface area contributed by atoms with Crippen molar-refractivity contribution in [1.29, 1.82) is 0 Å². The van der Waals surface area contributed by atoms with Gasteiger partial charge in [-0.2, -0.15) is 0 Å². The second kappa shape index (κ2) is 9.09. The predicted molar refractivity (Wildman–Crippen MR) is 102 cm³/mol. The maximum Gasteiger partial charge on any atom is 0.260 e. The van der Waals surface area contributed by atoms with E-state index in [9.17, 15) is 19.5 Å². The quantitative estimate of drug-likeness (QED) is 0.701. The van der Waals surface area contributed by atoms with Crippen molar-refractivity contribution in [2.45, 2.75) is 0 Å². The molecule has 0 bridgehead atoms. The van der Waals surface area contributed by atoms with Crippen molar-refractivity contribution in [3.05, 3.63) is 59.7 Å². The van der Waals surface area contributed by atoms with Gasteiger partial charge in [0, 0.05) is 37.8 Å². The molecule has 0 aromatic heterocycles. The van der Waals surface area contributed by atoms with E-state index < -0.39 is 5.97 Å². The van der Waals surface area contributed by atoms with Crippen LogP contribution in [0.1, 0.15) is 20.7 Å². The van der Waals surface area contributed by atoms with Gasteiger partial charge in [-0.15, -0.1) is 0 Å². The number of hydrogen-bond acceptors (Lipinski definition) is 6. The van der Waals surface area contributed by atoms with Crippen molar-refractivity contribution in [3.63, 3.8) is 0 Å². The molecule has 2 aromatic rings. The summed E-state index contributed by atoms with van der Waals surface area (Å²) in [4.78, 5) is 39.2. The molecule has 1 aliphatic rings. The fourth-order valence-electron chi connectivity index (χ4n) is 3.05. The van der Waals surface area contributed by atoms with Crippen LogP contribution in [0.15, 0.2) is 48.5 Å². The van der Waals surface area contributed by atoms with Crippen molar-refractivity contribution in [2.75, 3.05) is 39.9 Å². The molecule has 1 saturated heterocycles. The second-order valence-corrected chi connectivity index (χ2v) is 6.51. The van der Waals surface area contributed by atoms with Crippen molar-refractivity contribution in [3.8, 4) is 11.5 Å². The molecule has 0 radical (unpaired) electrons. The summed E-state index contributed by atoms with van der Waals surface area (Å²) in [5, 5.41) is 11.0. The first-order chi connectivity index (χ1) is 14.0. The highest BCUT2D eigenvalue weighted by atomic mass is 16.5. The van der Waals surface area contributed by atoms with Gasteiger partial charge in [0.05, 0.1) is 13.1 Å². The standard InChI is InChI=1S/C21H22N2O6/c1-28-17-6-3-7-18(13-17)29-14-19(24)22-8-10-23(11-9-22)20(25)15-4-2-5-16(12-15)21(26)27/h2-7,12-13H,8-11,14H2,1H3,(H,26,27)/p-1. The van der Waals surface area contributed by atoms with Gasteiger partial charge < -0.3 is 29.2 Å². The van der Waals surface area contributed by atoms with Gasteiger partial charge in [-0.3, -0.25) is 9.59 Å². The van der Waals surface area contributed by atoms with Gasteiger partial charge in [0.15, 0.2) is 6.61 Å². The van der Waals surface area contributed by atoms with Crippen molar-refractivity contribution in [2.24, 2.45) is 0 Å². The van der Waals surface area contributed by atoms with Gasteiger partial charge in [-0.25, -0.2) is 0 Å². The molecular formula is C21H21N2O6-. The van der Waals surface area contributed by atoms with E-state index in [1.54, 1.807) is 47.2 Å². The molecule has 0 unspecified atom stereocenters. The summed E-state index contributed by atoms with van der Waals surface area (Å²) in [6.07, 6.45) is 0. The summed E-state index contributed by atoms with van der Waals surface area (Å²) in [7, 11) is 1.56. The van der Waals surface area contributed by atoms with E-state index in [1.165, 1.54) is 18.2 Å². The summed E-state index contributed by atoms with van der Waals surface area (Å²) in [6.45, 7) is 1.38. The van der Waals surface area contributed by atoms with Crippen LogP contribution in [0.3, 0.4) is 0 Å². The van der Waals surface area contributed by atoms with Gasteiger partial charge in [-0.1, -0.05) is 18.2 Å². The van der Waals surface area contributed by atoms with E-state index in [0.29, 0.717) is 37.7 Å². The lowest BCUT2D eigenvalue weighted by molar-refractivity contribution is -0.255. The number of carboxylic acid groups (broad SMARTS) is 1. The molecule has 152 valence electrons. The summed E-state index contributed by atoms with van der Waals surface area (Å²) in [5.41, 5.74) is 0.243. The molecule has 0 saturated carbocycles. The Bertz CT molecular complexity index is 906. The van der Waals surface area contributed by atoms with E-state index in [0.717, 1.165) is 0 Å². The number of ether oxygens (including phenoxy) is 2. The third kappa shape index (κ3) is 5.04. The van der Waals surface area contributed by atoms with E-state index in [2.05, 4.69) is 0 Å². The smallest absolute Gasteiger partial charge is 0.260 e. The van der Waals surface area contributed by atoms with E-state index in [4.69, 9.17) is 9.47 Å². The Labute approximate surface area is 168 Å². The fraction of sp³-hybridized carbons (Fsp3) is 0.286. The highest BCUT2D eigenvalue weighted by Gasteiger charge is 2.25. The van der Waals surface area contributed by atoms with E-state index in [-0.39, 0.29) is 29.5 Å². The first-order valence-corrected chi connectivity index (χ1v) is 9.13. The van der Waals surface area contributed by atoms with Gasteiger partial charge >= 0.3 is 0 Å². The summed E-state index contributed by atoms with van der Waals surface area (Å²) >= 11 is 0. The van der Waals surface area contributed by atoms with Crippen molar-refractivity contribution < 1.29 is 29.0 Å². The molecule has 8 nitrogen and oxygen atoms in total. The number of carbonyl (C=O) groups is 3. The largest absolute Gasteiger partial charge is 0.545 e. The maximum absolute atomic E-state index is 12.6. The summed E-state index contributed by atoms with van der Waals surface area (Å²) in [6, 6.07) is 12.8. The van der Waals surface area contributed by atoms with Crippen LogP contribution < -0.4 is 14.6 Å². The molecule has 8 heteroatoms. The Morgan fingerprint density at radius 2 is 1.52 bits per heavy atom. The number of piperazine rings is 1. The molecule has 3 rings (SSSR count). The molecular weight excluding hydrogens is 376 g/mol. The molecule has 1 aliphatic heterocycles. The Balaban J connectivity index is 1.51. The monoisotopic (exact) mass is 397 g/mol. The second-order valence-electron chi connectivity index (χ2n) is 6.51. The minimum atomic E-state index is -1.33. The van der Waals surface area contributed by atoms with Crippen LogP contribution in [0.4, 0.5) is 0 Å². The highest BCUT2D eigenvalue weighted by molar-refractivity contribution is 5.97. The van der Waals surface area contributed by atoms with E-state index >= 15 is 0 Å². The molecule has 1 fully saturated rings. The number of hydrogen-bond donors (Lipinski definition) is 0. The van der Waals surface area contributed by atoms with Crippen LogP contribution in [0.2, 0.25) is 0 Å². The number of aromatic carboxylic acids is 1. The first-order valence-electron chi connectivity index (χ1n) is 9.13. The van der Waals surface area contributed by atoms with Gasteiger partial charge in [0.2, 0.25) is 0 Å². The highest BCUT2D eigenvalue weighted by Crippen LogP contribution is 2.19. The number of rotatable bonds is 6. The van der Waals surface area contributed by atoms with Crippen LogP contribution >= 0.6 is 0 Å². The Morgan fingerprint density at radius 1 is 0.897 bits per heavy atom. The number of benzene rings is 2. The average molecular weight is 397 g/mol. The Morgan fingerprint density at radius 3 is 2.21 bits per heavy atom. The lowest BCUT2D eigenvalue weighted by Crippen LogP contribution is -2.51. The summed E-state index contributed by atoms with van der Waals surface area (Å²) in [5.74, 6) is -0.582. The molecule has 29 heavy (non-hydrogen) atoms. The summed E-state index contributed by atoms with van der Waals surface area (Å²) < 4.78 is 10.6. The van der Waals surface area contributed by atoms with Crippen molar-refractivity contribution >= 4 is 17.8 Å². The number of amides is 2. The molecule has 0 N–H and O–H groups in total. The minimum absolute atomic E-state index is 0.0423. The lowest BCUT2D eigenvalue weighted by Gasteiger charge is -2.34. The zero-order valence-electron chi connectivity index (χ0n) is 16.0. The SMILES string of the molecule is COc1cccc(OCC(=O)N2CCN(C(=O)c3cccc(C(=O)[O-])c3)CC2)c1. The topological polar surface area (TPSA) is 99.2 Å². The van der Waals surface area contributed by atoms with Crippen LogP contribution in [-0.4, -0.2) is 67.5 Å². The molecule has 0 atom stereocenters. The van der Waals surface area contributed by atoms with Crippen LogP contribution in [-0.2, 0) is 4.79 Å². The number of methoxy groups -OCH3 is 1. The van der Waals surface area contributed by atoms with Gasteiger partial charge in [-0.05, 0) is 29.8 Å². The third-order valence-electron chi connectivity index (χ3n) is 4.67. The van der Waals surface area contributed by atoms with Crippen LogP contribution in [0.25, 0.3) is 0 Å². The maximum atomic E-state index is 12.6. The lowest BCUT2D eigenvalue weighted by atomic mass is 10.1. The molecule has 0 aliphatic carbocycles. The van der Waals surface area contributed by atoms with Crippen LogP contribution in [0, 0.1) is 0 Å². The van der Waals surface area contributed by atoms with E-state index in [1.807, 2.05) is 0 Å². The predicted octanol–water partition coefficient (Wildman–Crippen LogP) is 0.422. The van der Waals surface area contributed by atoms with Crippen molar-refractivity contribution in [1.82, 2.24) is 9.80 Å². The zero-order chi connectivity index (χ0) is 20.8. The fourth-order valence-corrected chi connectivity index (χ4v) is 3.05. The number of carboxylic acids is 1. The zero-order valence-corrected chi connectivity index (χ0v) is 16.0. The normalized spacial score (nSPS) is 13.7. The minimum Gasteiger partial charge on any atom is -0.545 e.